The van der Waals surface area contributed by atoms with Crippen LogP contribution in [0.1, 0.15) is 31.0 Å². The summed E-state index contributed by atoms with van der Waals surface area (Å²) in [5.41, 5.74) is 0.379. The van der Waals surface area contributed by atoms with Gasteiger partial charge in [0.1, 0.15) is 18.1 Å². The summed E-state index contributed by atoms with van der Waals surface area (Å²) in [5, 5.41) is 4.31. The lowest BCUT2D eigenvalue weighted by molar-refractivity contribution is -0.141. The fraction of sp³-hybridized carbons (Fsp3) is 0.400. The molecule has 0 atom stereocenters. The topological polar surface area (TPSA) is 73.1 Å². The minimum Gasteiger partial charge on any atom is -0.380 e. The Labute approximate surface area is 177 Å². The van der Waals surface area contributed by atoms with Gasteiger partial charge in [0.25, 0.3) is 5.91 Å². The molecule has 3 aromatic rings. The van der Waals surface area contributed by atoms with E-state index in [1.54, 1.807) is 0 Å². The number of fused-ring (bicyclic) bond motifs is 1. The van der Waals surface area contributed by atoms with Gasteiger partial charge in [0.2, 0.25) is 0 Å². The van der Waals surface area contributed by atoms with E-state index in [9.17, 15) is 22.4 Å². The lowest BCUT2D eigenvalue weighted by atomic mass is 10.1. The molecule has 1 aliphatic rings. The first-order valence-electron chi connectivity index (χ1n) is 10.4. The standard InChI is InChI=1S/C20H19F4N5O2/c21-13-2-3-25-14(8-13)9-16-15-11-26-17(19(30)28-4-1-6-31-7-5-28)10-18(15)29(27-16)12-20(22,23)24/h2-3,8,10-11H,1,4-7,9,12H2/i1D2. The van der Waals surface area contributed by atoms with Crippen molar-refractivity contribution in [1.82, 2.24) is 24.6 Å². The summed E-state index contributed by atoms with van der Waals surface area (Å²) in [7, 11) is 0. The predicted octanol–water partition coefficient (Wildman–Crippen LogP) is 2.98. The minimum absolute atomic E-state index is 0.0300. The fourth-order valence-electron chi connectivity index (χ4n) is 3.30. The van der Waals surface area contributed by atoms with Gasteiger partial charge in [0, 0.05) is 52.3 Å². The van der Waals surface area contributed by atoms with Crippen LogP contribution in [0.4, 0.5) is 17.6 Å². The summed E-state index contributed by atoms with van der Waals surface area (Å²) in [6.45, 7) is -1.54. The summed E-state index contributed by atoms with van der Waals surface area (Å²) in [6.07, 6.45) is -3.87. The Balaban J connectivity index is 1.72. The molecular weight excluding hydrogens is 418 g/mol. The van der Waals surface area contributed by atoms with Crippen molar-refractivity contribution in [3.8, 4) is 0 Å². The van der Waals surface area contributed by atoms with Gasteiger partial charge in [-0.05, 0) is 24.6 Å². The van der Waals surface area contributed by atoms with Gasteiger partial charge in [0.05, 0.1) is 17.8 Å². The molecule has 3 aromatic heterocycles. The highest BCUT2D eigenvalue weighted by atomic mass is 19.4. The second-order valence-electron chi connectivity index (χ2n) is 6.98. The highest BCUT2D eigenvalue weighted by molar-refractivity contribution is 5.96. The molecule has 1 aliphatic heterocycles. The predicted molar refractivity (Wildman–Crippen MR) is 102 cm³/mol. The summed E-state index contributed by atoms with van der Waals surface area (Å²) in [6, 6.07) is 3.52. The van der Waals surface area contributed by atoms with Gasteiger partial charge in [-0.3, -0.25) is 19.4 Å². The molecule has 0 saturated carbocycles. The Hall–Kier alpha value is -3.08. The normalized spacial score (nSPS) is 17.9. The van der Waals surface area contributed by atoms with Gasteiger partial charge in [0.15, 0.2) is 0 Å². The van der Waals surface area contributed by atoms with Crippen molar-refractivity contribution in [3.05, 3.63) is 53.5 Å². The number of aromatic nitrogens is 4. The Kier molecular flexibility index (Phi) is 5.17. The smallest absolute Gasteiger partial charge is 0.380 e. The molecular formula is C20H19F4N5O2. The molecule has 7 nitrogen and oxygen atoms in total. The van der Waals surface area contributed by atoms with E-state index in [4.69, 9.17) is 7.48 Å². The number of amides is 1. The van der Waals surface area contributed by atoms with Crippen molar-refractivity contribution in [2.45, 2.75) is 25.5 Å². The first-order valence-corrected chi connectivity index (χ1v) is 9.40. The van der Waals surface area contributed by atoms with Crippen molar-refractivity contribution in [2.24, 2.45) is 0 Å². The van der Waals surface area contributed by atoms with Crippen LogP contribution in [0.5, 0.6) is 0 Å². The fourth-order valence-corrected chi connectivity index (χ4v) is 3.30. The highest BCUT2D eigenvalue weighted by Crippen LogP contribution is 2.25. The number of rotatable bonds is 4. The third-order valence-corrected chi connectivity index (χ3v) is 4.69. The average molecular weight is 439 g/mol. The molecule has 1 fully saturated rings. The van der Waals surface area contributed by atoms with Crippen LogP contribution in [-0.2, 0) is 17.7 Å². The number of pyridine rings is 2. The van der Waals surface area contributed by atoms with Crippen LogP contribution in [0.2, 0.25) is 0 Å². The first kappa shape index (κ1) is 18.7. The van der Waals surface area contributed by atoms with E-state index in [1.807, 2.05) is 0 Å². The zero-order valence-electron chi connectivity index (χ0n) is 18.2. The van der Waals surface area contributed by atoms with E-state index in [1.165, 1.54) is 23.4 Å². The number of carbonyl (C=O) groups excluding carboxylic acids is 1. The van der Waals surface area contributed by atoms with E-state index in [2.05, 4.69) is 15.1 Å². The van der Waals surface area contributed by atoms with Crippen LogP contribution in [0.15, 0.2) is 30.6 Å². The third kappa shape index (κ3) is 4.98. The Morgan fingerprint density at radius 1 is 1.23 bits per heavy atom. The molecule has 0 aromatic carbocycles. The number of nitrogens with zero attached hydrogens (tertiary/aromatic N) is 5. The van der Waals surface area contributed by atoms with Crippen molar-refractivity contribution >= 4 is 16.8 Å². The van der Waals surface area contributed by atoms with Gasteiger partial charge < -0.3 is 9.64 Å². The maximum absolute atomic E-state index is 13.5. The number of hydrogen-bond acceptors (Lipinski definition) is 5. The Bertz CT molecular complexity index is 1180. The Morgan fingerprint density at radius 3 is 2.84 bits per heavy atom. The molecule has 0 unspecified atom stereocenters. The molecule has 1 saturated heterocycles. The molecule has 0 radical (unpaired) electrons. The zero-order valence-corrected chi connectivity index (χ0v) is 16.2. The van der Waals surface area contributed by atoms with Crippen LogP contribution in [0.25, 0.3) is 10.9 Å². The number of carbonyl (C=O) groups is 1. The quantitative estimate of drug-likeness (QED) is 0.585. The summed E-state index contributed by atoms with van der Waals surface area (Å²) >= 11 is 0. The Morgan fingerprint density at radius 2 is 2.06 bits per heavy atom. The lowest BCUT2D eigenvalue weighted by Gasteiger charge is -2.19. The van der Waals surface area contributed by atoms with Crippen molar-refractivity contribution in [3.63, 3.8) is 0 Å². The second-order valence-corrected chi connectivity index (χ2v) is 6.98. The summed E-state index contributed by atoms with van der Waals surface area (Å²) in [4.78, 5) is 22.3. The van der Waals surface area contributed by atoms with Crippen molar-refractivity contribution in [1.29, 1.82) is 0 Å². The first-order chi connectivity index (χ1) is 15.5. The SMILES string of the molecule is [2H]C1([2H])COCCN(C(=O)c2cc3c(cn2)c(Cc2cc(F)ccn2)nn3CC(F)(F)F)C1. The molecule has 31 heavy (non-hydrogen) atoms. The van der Waals surface area contributed by atoms with Crippen molar-refractivity contribution in [2.75, 3.05) is 26.3 Å². The third-order valence-electron chi connectivity index (χ3n) is 4.69. The number of hydrogen-bond donors (Lipinski definition) is 0. The van der Waals surface area contributed by atoms with Gasteiger partial charge >= 0.3 is 6.18 Å². The van der Waals surface area contributed by atoms with Crippen molar-refractivity contribution < 1.29 is 29.8 Å². The van der Waals surface area contributed by atoms with Crippen LogP contribution in [-0.4, -0.2) is 63.0 Å². The van der Waals surface area contributed by atoms with E-state index in [-0.39, 0.29) is 60.7 Å². The van der Waals surface area contributed by atoms with E-state index < -0.39 is 30.8 Å². The maximum Gasteiger partial charge on any atom is 0.408 e. The number of alkyl halides is 3. The second kappa shape index (κ2) is 8.58. The molecule has 11 heteroatoms. The van der Waals surface area contributed by atoms with Crippen LogP contribution in [0, 0.1) is 5.82 Å². The molecule has 4 rings (SSSR count). The molecule has 0 bridgehead atoms. The van der Waals surface area contributed by atoms with E-state index in [0.29, 0.717) is 0 Å². The number of halogens is 4. The molecule has 0 aliphatic carbocycles. The zero-order chi connectivity index (χ0) is 23.8. The van der Waals surface area contributed by atoms with Crippen LogP contribution >= 0.6 is 0 Å². The maximum atomic E-state index is 13.5. The molecule has 164 valence electrons. The molecule has 0 spiro atoms. The van der Waals surface area contributed by atoms with Gasteiger partial charge in [-0.15, -0.1) is 0 Å². The van der Waals surface area contributed by atoms with Gasteiger partial charge in [-0.25, -0.2) is 4.39 Å². The van der Waals surface area contributed by atoms with Gasteiger partial charge in [-0.1, -0.05) is 0 Å². The largest absolute Gasteiger partial charge is 0.408 e. The lowest BCUT2D eigenvalue weighted by Crippen LogP contribution is -2.33. The summed E-state index contributed by atoms with van der Waals surface area (Å²) in [5.74, 6) is -1.16. The molecule has 4 heterocycles. The average Bonchev–Trinajstić information content (AvgIpc) is 2.92. The summed E-state index contributed by atoms with van der Waals surface area (Å²) < 4.78 is 74.7. The molecule has 0 N–H and O–H groups in total. The minimum atomic E-state index is -4.57. The van der Waals surface area contributed by atoms with Gasteiger partial charge in [-0.2, -0.15) is 18.3 Å². The molecule has 1 amide bonds. The van der Waals surface area contributed by atoms with Crippen LogP contribution < -0.4 is 0 Å². The van der Waals surface area contributed by atoms with E-state index >= 15 is 0 Å². The highest BCUT2D eigenvalue weighted by Gasteiger charge is 2.30. The number of ether oxygens (including phenoxy) is 1. The monoisotopic (exact) mass is 439 g/mol. The van der Waals surface area contributed by atoms with E-state index in [0.717, 1.165) is 16.8 Å². The van der Waals surface area contributed by atoms with Crippen LogP contribution in [0.3, 0.4) is 0 Å².